The van der Waals surface area contributed by atoms with Crippen molar-refractivity contribution in [3.63, 3.8) is 0 Å². The summed E-state index contributed by atoms with van der Waals surface area (Å²) in [6, 6.07) is 5.39. The van der Waals surface area contributed by atoms with E-state index in [9.17, 15) is 4.79 Å². The van der Waals surface area contributed by atoms with Crippen LogP contribution in [0.2, 0.25) is 0 Å². The van der Waals surface area contributed by atoms with E-state index in [0.717, 1.165) is 28.3 Å². The Labute approximate surface area is 99.9 Å². The number of alkyl halides is 1. The molecule has 0 radical (unpaired) electrons. The fraction of sp³-hybridized carbons (Fsp3) is 0.300. The minimum absolute atomic E-state index is 0.612. The number of carbonyl (C=O) groups is 1. The monoisotopic (exact) mass is 320 g/mol. The molecule has 0 heterocycles. The van der Waals surface area contributed by atoms with Crippen molar-refractivity contribution >= 4 is 38.1 Å². The van der Waals surface area contributed by atoms with Crippen LogP contribution in [0.15, 0.2) is 22.7 Å². The number of ether oxygens (including phenoxy) is 1. The minimum Gasteiger partial charge on any atom is -0.492 e. The molecule has 0 aromatic heterocycles. The summed E-state index contributed by atoms with van der Waals surface area (Å²) in [5.41, 5.74) is 0.612. The smallest absolute Gasteiger partial charge is 0.151 e. The number of benzene rings is 1. The van der Waals surface area contributed by atoms with E-state index in [0.29, 0.717) is 12.2 Å². The van der Waals surface area contributed by atoms with Crippen molar-refractivity contribution < 1.29 is 9.53 Å². The second-order valence-electron chi connectivity index (χ2n) is 2.67. The highest BCUT2D eigenvalue weighted by Gasteiger charge is 2.04. The Morgan fingerprint density at radius 3 is 2.86 bits per heavy atom. The molecule has 0 aliphatic heterocycles. The molecular formula is C10H10Br2O2. The molecule has 1 aromatic carbocycles. The van der Waals surface area contributed by atoms with Crippen molar-refractivity contribution in [1.82, 2.24) is 0 Å². The molecule has 0 atom stereocenters. The molecule has 0 amide bonds. The predicted molar refractivity (Wildman–Crippen MR) is 63.4 cm³/mol. The molecule has 0 N–H and O–H groups in total. The van der Waals surface area contributed by atoms with Gasteiger partial charge in [-0.2, -0.15) is 0 Å². The van der Waals surface area contributed by atoms with Gasteiger partial charge >= 0.3 is 0 Å². The zero-order chi connectivity index (χ0) is 10.4. The van der Waals surface area contributed by atoms with Crippen molar-refractivity contribution in [2.45, 2.75) is 6.42 Å². The first-order valence-corrected chi connectivity index (χ1v) is 6.13. The zero-order valence-corrected chi connectivity index (χ0v) is 10.7. The van der Waals surface area contributed by atoms with Crippen molar-refractivity contribution in [2.75, 3.05) is 11.9 Å². The van der Waals surface area contributed by atoms with E-state index in [4.69, 9.17) is 4.74 Å². The molecule has 0 saturated heterocycles. The van der Waals surface area contributed by atoms with Crippen LogP contribution in [-0.2, 0) is 0 Å². The summed E-state index contributed by atoms with van der Waals surface area (Å²) in [6.07, 6.45) is 1.75. The number of rotatable bonds is 5. The maximum Gasteiger partial charge on any atom is 0.151 e. The van der Waals surface area contributed by atoms with Gasteiger partial charge < -0.3 is 4.74 Å². The van der Waals surface area contributed by atoms with Crippen molar-refractivity contribution in [3.05, 3.63) is 28.2 Å². The van der Waals surface area contributed by atoms with Crippen LogP contribution in [0.3, 0.4) is 0 Å². The Hall–Kier alpha value is -0.350. The fourth-order valence-electron chi connectivity index (χ4n) is 0.967. The van der Waals surface area contributed by atoms with Crippen LogP contribution < -0.4 is 4.74 Å². The lowest BCUT2D eigenvalue weighted by atomic mass is 10.2. The first-order valence-electron chi connectivity index (χ1n) is 4.22. The Morgan fingerprint density at radius 1 is 1.43 bits per heavy atom. The third-order valence-corrected chi connectivity index (χ3v) is 3.07. The van der Waals surface area contributed by atoms with E-state index in [-0.39, 0.29) is 0 Å². The van der Waals surface area contributed by atoms with Gasteiger partial charge in [0.25, 0.3) is 0 Å². The third-order valence-electron chi connectivity index (χ3n) is 1.66. The molecule has 14 heavy (non-hydrogen) atoms. The van der Waals surface area contributed by atoms with Crippen LogP contribution in [0.5, 0.6) is 5.75 Å². The average molecular weight is 322 g/mol. The molecule has 2 nitrogen and oxygen atoms in total. The SMILES string of the molecule is O=Cc1cccc(OCCCBr)c1Br. The molecule has 1 aromatic rings. The molecule has 0 fully saturated rings. The van der Waals surface area contributed by atoms with Gasteiger partial charge in [0.05, 0.1) is 11.1 Å². The second-order valence-corrected chi connectivity index (χ2v) is 4.25. The topological polar surface area (TPSA) is 26.3 Å². The standard InChI is InChI=1S/C10H10Br2O2/c11-5-2-6-14-9-4-1-3-8(7-13)10(9)12/h1,3-4,7H,2,5-6H2. The van der Waals surface area contributed by atoms with Gasteiger partial charge in [-0.25, -0.2) is 0 Å². The number of hydrogen-bond donors (Lipinski definition) is 0. The zero-order valence-electron chi connectivity index (χ0n) is 7.50. The summed E-state index contributed by atoms with van der Waals surface area (Å²) in [7, 11) is 0. The quantitative estimate of drug-likeness (QED) is 0.472. The highest BCUT2D eigenvalue weighted by atomic mass is 79.9. The molecule has 1 rings (SSSR count). The maximum atomic E-state index is 10.6. The molecule has 0 unspecified atom stereocenters. The van der Waals surface area contributed by atoms with E-state index in [1.807, 2.05) is 6.07 Å². The minimum atomic E-state index is 0.612. The Morgan fingerprint density at radius 2 is 2.21 bits per heavy atom. The Balaban J connectivity index is 2.71. The number of hydrogen-bond acceptors (Lipinski definition) is 2. The lowest BCUT2D eigenvalue weighted by Crippen LogP contribution is -1.99. The van der Waals surface area contributed by atoms with Crippen LogP contribution in [0.25, 0.3) is 0 Å². The van der Waals surface area contributed by atoms with E-state index in [2.05, 4.69) is 31.9 Å². The molecule has 0 spiro atoms. The molecular weight excluding hydrogens is 312 g/mol. The van der Waals surface area contributed by atoms with E-state index in [1.54, 1.807) is 12.1 Å². The molecule has 4 heteroatoms. The van der Waals surface area contributed by atoms with Crippen LogP contribution in [-0.4, -0.2) is 18.2 Å². The lowest BCUT2D eigenvalue weighted by molar-refractivity contribution is 0.112. The summed E-state index contributed by atoms with van der Waals surface area (Å²) in [4.78, 5) is 10.6. The summed E-state index contributed by atoms with van der Waals surface area (Å²) in [6.45, 7) is 0.645. The van der Waals surface area contributed by atoms with Crippen LogP contribution in [0.4, 0.5) is 0 Å². The van der Waals surface area contributed by atoms with E-state index in [1.165, 1.54) is 0 Å². The van der Waals surface area contributed by atoms with E-state index >= 15 is 0 Å². The largest absolute Gasteiger partial charge is 0.492 e. The summed E-state index contributed by atoms with van der Waals surface area (Å²) >= 11 is 6.65. The molecule has 76 valence electrons. The normalized spacial score (nSPS) is 9.86. The van der Waals surface area contributed by atoms with Crippen molar-refractivity contribution in [2.24, 2.45) is 0 Å². The van der Waals surface area contributed by atoms with Gasteiger partial charge in [0.2, 0.25) is 0 Å². The van der Waals surface area contributed by atoms with E-state index < -0.39 is 0 Å². The number of halogens is 2. The van der Waals surface area contributed by atoms with Crippen LogP contribution in [0, 0.1) is 0 Å². The Bertz CT molecular complexity index is 313. The molecule has 0 aliphatic rings. The second kappa shape index (κ2) is 6.19. The summed E-state index contributed by atoms with van der Waals surface area (Å²) in [5.74, 6) is 0.718. The molecule has 0 saturated carbocycles. The molecule has 0 aliphatic carbocycles. The molecule has 0 bridgehead atoms. The highest BCUT2D eigenvalue weighted by molar-refractivity contribution is 9.10. The van der Waals surface area contributed by atoms with Gasteiger partial charge in [0.15, 0.2) is 6.29 Å². The number of aldehydes is 1. The van der Waals surface area contributed by atoms with Crippen molar-refractivity contribution in [3.8, 4) is 5.75 Å². The number of carbonyl (C=O) groups excluding carboxylic acids is 1. The maximum absolute atomic E-state index is 10.6. The average Bonchev–Trinajstić information content (AvgIpc) is 2.21. The van der Waals surface area contributed by atoms with Gasteiger partial charge in [0.1, 0.15) is 5.75 Å². The third kappa shape index (κ3) is 3.10. The van der Waals surface area contributed by atoms with Crippen LogP contribution in [0.1, 0.15) is 16.8 Å². The van der Waals surface area contributed by atoms with Gasteiger partial charge in [-0.1, -0.05) is 28.1 Å². The fourth-order valence-corrected chi connectivity index (χ4v) is 1.67. The first kappa shape index (κ1) is 11.7. The summed E-state index contributed by atoms with van der Waals surface area (Å²) in [5, 5.41) is 0.915. The lowest BCUT2D eigenvalue weighted by Gasteiger charge is -2.07. The van der Waals surface area contributed by atoms with Gasteiger partial charge in [-0.05, 0) is 28.4 Å². The first-order chi connectivity index (χ1) is 6.79. The van der Waals surface area contributed by atoms with Crippen molar-refractivity contribution in [1.29, 1.82) is 0 Å². The predicted octanol–water partition coefficient (Wildman–Crippen LogP) is 3.43. The van der Waals surface area contributed by atoms with Gasteiger partial charge in [-0.3, -0.25) is 4.79 Å². The Kier molecular flexibility index (Phi) is 5.19. The van der Waals surface area contributed by atoms with Crippen LogP contribution >= 0.6 is 31.9 Å². The van der Waals surface area contributed by atoms with Gasteiger partial charge in [-0.15, -0.1) is 0 Å². The van der Waals surface area contributed by atoms with Gasteiger partial charge in [0, 0.05) is 10.9 Å². The summed E-state index contributed by atoms with van der Waals surface area (Å²) < 4.78 is 6.21. The highest BCUT2D eigenvalue weighted by Crippen LogP contribution is 2.27.